The van der Waals surface area contributed by atoms with Crippen LogP contribution in [-0.2, 0) is 9.53 Å². The predicted octanol–water partition coefficient (Wildman–Crippen LogP) is 1.20. The third-order valence-electron chi connectivity index (χ3n) is 1.86. The van der Waals surface area contributed by atoms with Gasteiger partial charge in [0.25, 0.3) is 0 Å². The fourth-order valence-corrected chi connectivity index (χ4v) is 1.77. The summed E-state index contributed by atoms with van der Waals surface area (Å²) in [4.78, 5) is 26.7. The van der Waals surface area contributed by atoms with E-state index in [9.17, 15) is 9.59 Å². The number of nitrogens with zero attached hydrogens (tertiary/aromatic N) is 1. The van der Waals surface area contributed by atoms with Crippen LogP contribution in [0.15, 0.2) is 5.51 Å². The molecule has 0 atom stereocenters. The van der Waals surface area contributed by atoms with Gasteiger partial charge in [-0.25, -0.2) is 9.78 Å². The first-order valence-electron chi connectivity index (χ1n) is 5.49. The van der Waals surface area contributed by atoms with Gasteiger partial charge in [-0.3, -0.25) is 4.79 Å². The lowest BCUT2D eigenvalue weighted by Crippen LogP contribution is -2.20. The summed E-state index contributed by atoms with van der Waals surface area (Å²) in [5.41, 5.74) is 1.82. The third-order valence-corrected chi connectivity index (χ3v) is 2.60. The van der Waals surface area contributed by atoms with Crippen molar-refractivity contribution >= 4 is 23.2 Å². The maximum Gasteiger partial charge on any atom is 0.359 e. The summed E-state index contributed by atoms with van der Waals surface area (Å²) < 4.78 is 4.87. The molecule has 1 aromatic heterocycles. The van der Waals surface area contributed by atoms with Crippen molar-refractivity contribution in [1.82, 2.24) is 10.3 Å². The van der Waals surface area contributed by atoms with Gasteiger partial charge in [-0.1, -0.05) is 11.8 Å². The summed E-state index contributed by atoms with van der Waals surface area (Å²) in [6.07, 6.45) is 0.528. The van der Waals surface area contributed by atoms with Crippen LogP contribution in [0, 0.1) is 11.8 Å². The van der Waals surface area contributed by atoms with E-state index in [1.807, 2.05) is 0 Å². The molecule has 0 spiro atoms. The van der Waals surface area contributed by atoms with Crippen molar-refractivity contribution in [3.05, 3.63) is 16.1 Å². The van der Waals surface area contributed by atoms with Crippen LogP contribution >= 0.6 is 11.3 Å². The summed E-state index contributed by atoms with van der Waals surface area (Å²) in [7, 11) is 0. The number of amides is 1. The molecule has 0 unspecified atom stereocenters. The Morgan fingerprint density at radius 2 is 2.33 bits per heavy atom. The number of ether oxygens (including phenoxy) is 1. The Morgan fingerprint density at radius 1 is 1.56 bits per heavy atom. The number of carbonyl (C=O) groups excluding carboxylic acids is 2. The minimum absolute atomic E-state index is 0.0817. The second kappa shape index (κ2) is 7.45. The number of esters is 1. The van der Waals surface area contributed by atoms with Gasteiger partial charge in [0, 0.05) is 19.9 Å². The molecule has 0 saturated carbocycles. The maximum absolute atomic E-state index is 11.5. The van der Waals surface area contributed by atoms with Crippen LogP contribution in [0.3, 0.4) is 0 Å². The highest BCUT2D eigenvalue weighted by atomic mass is 32.1. The summed E-state index contributed by atoms with van der Waals surface area (Å²) in [6, 6.07) is 0. The zero-order valence-corrected chi connectivity index (χ0v) is 11.1. The maximum atomic E-state index is 11.5. The van der Waals surface area contributed by atoms with E-state index in [1.54, 1.807) is 12.4 Å². The van der Waals surface area contributed by atoms with E-state index in [2.05, 4.69) is 22.1 Å². The predicted molar refractivity (Wildman–Crippen MR) is 68.2 cm³/mol. The molecule has 0 saturated heterocycles. The molecule has 5 nitrogen and oxygen atoms in total. The largest absolute Gasteiger partial charge is 0.461 e. The van der Waals surface area contributed by atoms with E-state index < -0.39 is 5.97 Å². The molecule has 1 N–H and O–H groups in total. The Labute approximate surface area is 110 Å². The van der Waals surface area contributed by atoms with E-state index in [0.717, 1.165) is 0 Å². The standard InChI is InChI=1S/C12H14N2O3S/c1-3-17-12(16)11-10(18-8-14-11)6-4-5-7-13-9(2)15/h8H,3,5,7H2,1-2H3,(H,13,15). The number of hydrogen-bond acceptors (Lipinski definition) is 5. The van der Waals surface area contributed by atoms with Crippen LogP contribution in [0.2, 0.25) is 0 Å². The first kappa shape index (κ1) is 14.2. The van der Waals surface area contributed by atoms with Crippen molar-refractivity contribution in [1.29, 1.82) is 0 Å². The Kier molecular flexibility index (Phi) is 5.88. The molecule has 18 heavy (non-hydrogen) atoms. The zero-order chi connectivity index (χ0) is 13.4. The third kappa shape index (κ3) is 4.55. The molecule has 0 aliphatic rings. The molecular formula is C12H14N2O3S. The topological polar surface area (TPSA) is 68.3 Å². The molecule has 1 amide bonds. The molecule has 1 heterocycles. The minimum Gasteiger partial charge on any atom is -0.461 e. The minimum atomic E-state index is -0.454. The molecule has 96 valence electrons. The van der Waals surface area contributed by atoms with Gasteiger partial charge in [0.05, 0.1) is 12.1 Å². The Balaban J connectivity index is 2.57. The molecule has 1 rings (SSSR count). The first-order chi connectivity index (χ1) is 8.65. The van der Waals surface area contributed by atoms with E-state index in [1.165, 1.54) is 18.3 Å². The highest BCUT2D eigenvalue weighted by molar-refractivity contribution is 7.10. The van der Waals surface area contributed by atoms with Gasteiger partial charge in [-0.05, 0) is 6.92 Å². The van der Waals surface area contributed by atoms with Crippen LogP contribution in [0.25, 0.3) is 0 Å². The van der Waals surface area contributed by atoms with Crippen LogP contribution in [0.5, 0.6) is 0 Å². The van der Waals surface area contributed by atoms with Crippen molar-refractivity contribution in [3.63, 3.8) is 0 Å². The SMILES string of the molecule is CCOC(=O)c1ncsc1C#CCCNC(C)=O. The second-order valence-corrected chi connectivity index (χ2v) is 4.14. The van der Waals surface area contributed by atoms with Gasteiger partial charge < -0.3 is 10.1 Å². The zero-order valence-electron chi connectivity index (χ0n) is 10.3. The highest BCUT2D eigenvalue weighted by Gasteiger charge is 2.14. The Morgan fingerprint density at radius 3 is 3.00 bits per heavy atom. The van der Waals surface area contributed by atoms with Gasteiger partial charge in [0.2, 0.25) is 5.91 Å². The highest BCUT2D eigenvalue weighted by Crippen LogP contribution is 2.12. The molecule has 0 fully saturated rings. The molecule has 1 aromatic rings. The Hall–Kier alpha value is -1.87. The fraction of sp³-hybridized carbons (Fsp3) is 0.417. The number of hydrogen-bond donors (Lipinski definition) is 1. The monoisotopic (exact) mass is 266 g/mol. The fourth-order valence-electron chi connectivity index (χ4n) is 1.12. The number of thiazole rings is 1. The van der Waals surface area contributed by atoms with E-state index in [4.69, 9.17) is 4.74 Å². The molecule has 0 aromatic carbocycles. The van der Waals surface area contributed by atoms with Gasteiger partial charge in [-0.15, -0.1) is 11.3 Å². The second-order valence-electron chi connectivity index (χ2n) is 3.29. The van der Waals surface area contributed by atoms with Gasteiger partial charge in [0.15, 0.2) is 5.69 Å². The number of aromatic nitrogens is 1. The van der Waals surface area contributed by atoms with E-state index in [-0.39, 0.29) is 11.6 Å². The lowest BCUT2D eigenvalue weighted by Gasteiger charge is -1.97. The van der Waals surface area contributed by atoms with E-state index >= 15 is 0 Å². The van der Waals surface area contributed by atoms with Crippen LogP contribution in [-0.4, -0.2) is 30.0 Å². The van der Waals surface area contributed by atoms with Crippen LogP contribution in [0.1, 0.15) is 35.6 Å². The van der Waals surface area contributed by atoms with Crippen molar-refractivity contribution in [2.24, 2.45) is 0 Å². The van der Waals surface area contributed by atoms with Crippen LogP contribution < -0.4 is 5.32 Å². The molecule has 0 aliphatic carbocycles. The summed E-state index contributed by atoms with van der Waals surface area (Å²) in [5, 5.41) is 2.64. The van der Waals surface area contributed by atoms with Crippen molar-refractivity contribution in [2.75, 3.05) is 13.2 Å². The molecular weight excluding hydrogens is 252 g/mol. The average Bonchev–Trinajstić information content (AvgIpc) is 2.77. The van der Waals surface area contributed by atoms with Crippen LogP contribution in [0.4, 0.5) is 0 Å². The number of carbonyl (C=O) groups is 2. The molecule has 0 radical (unpaired) electrons. The number of nitrogens with one attached hydrogen (secondary N) is 1. The van der Waals surface area contributed by atoms with Crippen molar-refractivity contribution in [3.8, 4) is 11.8 Å². The lowest BCUT2D eigenvalue weighted by atomic mass is 10.3. The van der Waals surface area contributed by atoms with Crippen molar-refractivity contribution < 1.29 is 14.3 Å². The molecule has 6 heteroatoms. The summed E-state index contributed by atoms with van der Waals surface area (Å²) in [5.74, 6) is 5.20. The van der Waals surface area contributed by atoms with Crippen molar-refractivity contribution in [2.45, 2.75) is 20.3 Å². The smallest absolute Gasteiger partial charge is 0.359 e. The summed E-state index contributed by atoms with van der Waals surface area (Å²) in [6.45, 7) is 4.00. The lowest BCUT2D eigenvalue weighted by molar-refractivity contribution is -0.118. The first-order valence-corrected chi connectivity index (χ1v) is 6.37. The quantitative estimate of drug-likeness (QED) is 0.505. The average molecular weight is 266 g/mol. The normalized spacial score (nSPS) is 9.22. The molecule has 0 bridgehead atoms. The Bertz CT molecular complexity index is 485. The van der Waals surface area contributed by atoms with Gasteiger partial charge in [-0.2, -0.15) is 0 Å². The summed E-state index contributed by atoms with van der Waals surface area (Å²) >= 11 is 1.30. The van der Waals surface area contributed by atoms with Gasteiger partial charge >= 0.3 is 5.97 Å². The molecule has 0 aliphatic heterocycles. The van der Waals surface area contributed by atoms with Gasteiger partial charge in [0.1, 0.15) is 4.88 Å². The number of rotatable bonds is 4. The van der Waals surface area contributed by atoms with E-state index in [0.29, 0.717) is 24.4 Å².